The van der Waals surface area contributed by atoms with Crippen LogP contribution in [0.15, 0.2) is 53.3 Å². The summed E-state index contributed by atoms with van der Waals surface area (Å²) in [4.78, 5) is 31.1. The van der Waals surface area contributed by atoms with E-state index in [9.17, 15) is 9.59 Å². The molecule has 0 spiro atoms. The first-order chi connectivity index (χ1) is 14.7. The van der Waals surface area contributed by atoms with Crippen molar-refractivity contribution in [3.63, 3.8) is 0 Å². The molecule has 0 radical (unpaired) electrons. The summed E-state index contributed by atoms with van der Waals surface area (Å²) < 4.78 is 1.28. The molecule has 0 saturated heterocycles. The van der Waals surface area contributed by atoms with Gasteiger partial charge < -0.3 is 0 Å². The van der Waals surface area contributed by atoms with Crippen LogP contribution in [0.3, 0.4) is 0 Å². The van der Waals surface area contributed by atoms with Crippen LogP contribution in [-0.2, 0) is 4.79 Å². The van der Waals surface area contributed by atoms with Crippen molar-refractivity contribution < 1.29 is 4.79 Å². The van der Waals surface area contributed by atoms with E-state index in [-0.39, 0.29) is 22.8 Å². The van der Waals surface area contributed by atoms with Gasteiger partial charge in [0.15, 0.2) is 5.82 Å². The molecule has 1 saturated carbocycles. The number of para-hydroxylation sites is 1. The van der Waals surface area contributed by atoms with Gasteiger partial charge in [0.25, 0.3) is 5.56 Å². The maximum absolute atomic E-state index is 13.3. The van der Waals surface area contributed by atoms with Crippen LogP contribution in [0.5, 0.6) is 0 Å². The van der Waals surface area contributed by atoms with Gasteiger partial charge in [-0.1, -0.05) is 56.6 Å². The number of benzene rings is 2. The first-order valence-corrected chi connectivity index (χ1v) is 11.2. The van der Waals surface area contributed by atoms with E-state index in [1.807, 2.05) is 12.1 Å². The second kappa shape index (κ2) is 8.46. The van der Waals surface area contributed by atoms with Crippen LogP contribution in [-0.4, -0.2) is 15.6 Å². The minimum absolute atomic E-state index is 0.107. The molecule has 1 aromatic heterocycles. The van der Waals surface area contributed by atoms with Crippen molar-refractivity contribution in [3.05, 3.63) is 63.9 Å². The molecule has 31 heavy (non-hydrogen) atoms. The highest BCUT2D eigenvalue weighted by Crippen LogP contribution is 2.39. The summed E-state index contributed by atoms with van der Waals surface area (Å²) in [6.45, 7) is 6.78. The number of rotatable bonds is 3. The van der Waals surface area contributed by atoms with Crippen molar-refractivity contribution in [2.45, 2.75) is 46.5 Å². The number of amides is 1. The summed E-state index contributed by atoms with van der Waals surface area (Å²) in [6.07, 6.45) is 3.70. The molecule has 0 aliphatic heterocycles. The van der Waals surface area contributed by atoms with Crippen LogP contribution in [0.4, 0.5) is 0 Å². The number of nitrogens with zero attached hydrogens (tertiary/aromatic N) is 2. The van der Waals surface area contributed by atoms with E-state index in [1.54, 1.807) is 36.4 Å². The number of aromatic nitrogens is 2. The zero-order valence-corrected chi connectivity index (χ0v) is 18.9. The predicted molar refractivity (Wildman–Crippen MR) is 126 cm³/mol. The quantitative estimate of drug-likeness (QED) is 0.576. The minimum atomic E-state index is -0.294. The molecule has 1 N–H and O–H groups in total. The van der Waals surface area contributed by atoms with Crippen LogP contribution < -0.4 is 11.0 Å². The predicted octanol–water partition coefficient (Wildman–Crippen LogP) is 5.64. The molecule has 6 heteroatoms. The van der Waals surface area contributed by atoms with Crippen molar-refractivity contribution in [1.82, 2.24) is 9.66 Å². The Labute approximate surface area is 187 Å². The fourth-order valence-corrected chi connectivity index (χ4v) is 4.67. The summed E-state index contributed by atoms with van der Waals surface area (Å²) in [7, 11) is 0. The molecule has 1 aliphatic rings. The number of carbonyl (C=O) groups is 1. The van der Waals surface area contributed by atoms with Crippen molar-refractivity contribution in [2.24, 2.45) is 17.3 Å². The number of hydrogen-bond acceptors (Lipinski definition) is 3. The van der Waals surface area contributed by atoms with E-state index in [2.05, 4.69) is 31.2 Å². The Morgan fingerprint density at radius 1 is 1.06 bits per heavy atom. The standard InChI is InChI=1S/C25H28ClN3O2/c1-25(2,3)18-13-11-16(12-14-18)23(30)28-29-22(17-7-6-8-19(26)15-17)27-21-10-5-4-9-20(21)24(29)31/h4-10,15-16,18H,11-14H2,1-3H3,(H,28,30). The number of fused-ring (bicyclic) bond motifs is 1. The van der Waals surface area contributed by atoms with Crippen LogP contribution >= 0.6 is 11.6 Å². The maximum atomic E-state index is 13.3. The molecule has 0 bridgehead atoms. The highest BCUT2D eigenvalue weighted by molar-refractivity contribution is 6.30. The summed E-state index contributed by atoms with van der Waals surface area (Å²) in [5, 5.41) is 1.00. The number of carbonyl (C=O) groups excluding carboxylic acids is 1. The summed E-state index contributed by atoms with van der Waals surface area (Å²) in [6, 6.07) is 14.3. The van der Waals surface area contributed by atoms with Gasteiger partial charge >= 0.3 is 0 Å². The van der Waals surface area contributed by atoms with E-state index in [4.69, 9.17) is 11.6 Å². The zero-order valence-electron chi connectivity index (χ0n) is 18.2. The molecular formula is C25H28ClN3O2. The summed E-state index contributed by atoms with van der Waals surface area (Å²) >= 11 is 6.18. The van der Waals surface area contributed by atoms with E-state index >= 15 is 0 Å². The molecule has 4 rings (SSSR count). The van der Waals surface area contributed by atoms with E-state index < -0.39 is 0 Å². The lowest BCUT2D eigenvalue weighted by molar-refractivity contribution is -0.122. The molecule has 1 heterocycles. The topological polar surface area (TPSA) is 64.0 Å². The molecule has 0 unspecified atom stereocenters. The third-order valence-electron chi connectivity index (χ3n) is 6.40. The molecular weight excluding hydrogens is 410 g/mol. The molecule has 5 nitrogen and oxygen atoms in total. The fourth-order valence-electron chi connectivity index (χ4n) is 4.48. The number of halogens is 1. The maximum Gasteiger partial charge on any atom is 0.280 e. The van der Waals surface area contributed by atoms with E-state index in [1.165, 1.54) is 4.68 Å². The Morgan fingerprint density at radius 3 is 2.45 bits per heavy atom. The SMILES string of the molecule is CC(C)(C)C1CCC(C(=O)Nn2c(-c3cccc(Cl)c3)nc3ccccc3c2=O)CC1. The van der Waals surface area contributed by atoms with Crippen LogP contribution in [0.1, 0.15) is 46.5 Å². The van der Waals surface area contributed by atoms with Gasteiger partial charge in [-0.2, -0.15) is 4.68 Å². The Balaban J connectivity index is 1.68. The average Bonchev–Trinajstić information content (AvgIpc) is 2.75. The molecule has 162 valence electrons. The van der Waals surface area contributed by atoms with Gasteiger partial charge in [0.05, 0.1) is 10.9 Å². The van der Waals surface area contributed by atoms with Gasteiger partial charge in [0.1, 0.15) is 0 Å². The van der Waals surface area contributed by atoms with Crippen LogP contribution in [0, 0.1) is 17.3 Å². The average molecular weight is 438 g/mol. The first kappa shape index (κ1) is 21.6. The highest BCUT2D eigenvalue weighted by Gasteiger charge is 2.32. The lowest BCUT2D eigenvalue weighted by Gasteiger charge is -2.36. The number of hydrogen-bond donors (Lipinski definition) is 1. The lowest BCUT2D eigenvalue weighted by Crippen LogP contribution is -2.39. The third-order valence-corrected chi connectivity index (χ3v) is 6.64. The molecule has 3 aromatic rings. The Kier molecular flexibility index (Phi) is 5.89. The zero-order chi connectivity index (χ0) is 22.2. The molecule has 1 aliphatic carbocycles. The second-order valence-electron chi connectivity index (χ2n) is 9.49. The molecule has 2 aromatic carbocycles. The molecule has 1 fully saturated rings. The second-order valence-corrected chi connectivity index (χ2v) is 9.93. The highest BCUT2D eigenvalue weighted by atomic mass is 35.5. The normalized spacial score (nSPS) is 19.4. The van der Waals surface area contributed by atoms with Gasteiger partial charge in [-0.3, -0.25) is 15.0 Å². The Bertz CT molecular complexity index is 1170. The van der Waals surface area contributed by atoms with Gasteiger partial charge in [0, 0.05) is 16.5 Å². The Hall–Kier alpha value is -2.66. The van der Waals surface area contributed by atoms with Crippen molar-refractivity contribution >= 4 is 28.4 Å². The monoisotopic (exact) mass is 437 g/mol. The van der Waals surface area contributed by atoms with Crippen LogP contribution in [0.2, 0.25) is 5.02 Å². The van der Waals surface area contributed by atoms with E-state index in [0.717, 1.165) is 25.7 Å². The summed E-state index contributed by atoms with van der Waals surface area (Å²) in [5.41, 5.74) is 4.08. The molecule has 1 amide bonds. The third kappa shape index (κ3) is 4.52. The van der Waals surface area contributed by atoms with Crippen molar-refractivity contribution in [3.8, 4) is 11.4 Å². The smallest absolute Gasteiger partial charge is 0.273 e. The van der Waals surface area contributed by atoms with E-state index in [0.29, 0.717) is 33.2 Å². The van der Waals surface area contributed by atoms with Gasteiger partial charge in [-0.25, -0.2) is 4.98 Å². The summed E-state index contributed by atoms with van der Waals surface area (Å²) in [5.74, 6) is 0.755. The fraction of sp³-hybridized carbons (Fsp3) is 0.400. The minimum Gasteiger partial charge on any atom is -0.273 e. The van der Waals surface area contributed by atoms with Gasteiger partial charge in [0.2, 0.25) is 5.91 Å². The van der Waals surface area contributed by atoms with Crippen molar-refractivity contribution in [1.29, 1.82) is 0 Å². The largest absolute Gasteiger partial charge is 0.280 e. The Morgan fingerprint density at radius 2 is 1.77 bits per heavy atom. The number of nitrogens with one attached hydrogen (secondary N) is 1. The van der Waals surface area contributed by atoms with Crippen molar-refractivity contribution in [2.75, 3.05) is 5.43 Å². The first-order valence-electron chi connectivity index (χ1n) is 10.8. The molecule has 0 atom stereocenters. The van der Waals surface area contributed by atoms with Gasteiger partial charge in [-0.15, -0.1) is 0 Å². The lowest BCUT2D eigenvalue weighted by atomic mass is 9.70. The van der Waals surface area contributed by atoms with Gasteiger partial charge in [-0.05, 0) is 61.3 Å². The van der Waals surface area contributed by atoms with Crippen LogP contribution in [0.25, 0.3) is 22.3 Å².